The second-order valence-corrected chi connectivity index (χ2v) is 26.4. The summed E-state index contributed by atoms with van der Waals surface area (Å²) in [7, 11) is -3.60. The fraction of sp³-hybridized carbons (Fsp3) is 0.357. The summed E-state index contributed by atoms with van der Waals surface area (Å²) < 4.78 is 0. The van der Waals surface area contributed by atoms with Gasteiger partial charge in [-0.05, 0) is 8.07 Å². The van der Waals surface area contributed by atoms with Crippen LogP contribution in [0, 0.1) is 19.9 Å². The summed E-state index contributed by atoms with van der Waals surface area (Å²) in [6, 6.07) is 19.7. The number of allylic oxidation sites excluding steroid dienone is 4. The molecule has 0 saturated carbocycles. The number of benzene rings is 2. The van der Waals surface area contributed by atoms with Crippen LogP contribution in [-0.2, 0) is 21.7 Å². The molecule has 32 heavy (non-hydrogen) atoms. The van der Waals surface area contributed by atoms with Crippen LogP contribution in [0.15, 0.2) is 76.3 Å². The van der Waals surface area contributed by atoms with Gasteiger partial charge in [-0.15, -0.1) is 30.7 Å². The third-order valence-electron chi connectivity index (χ3n) is 5.08. The van der Waals surface area contributed by atoms with Crippen LogP contribution in [0.25, 0.3) is 0 Å². The van der Waals surface area contributed by atoms with Crippen molar-refractivity contribution in [2.75, 3.05) is 0 Å². The molecular formula is C28H43Si3Ti. The van der Waals surface area contributed by atoms with E-state index in [-0.39, 0.29) is 21.7 Å². The van der Waals surface area contributed by atoms with E-state index in [2.05, 4.69) is 78.8 Å². The van der Waals surface area contributed by atoms with Crippen molar-refractivity contribution in [3.8, 4) is 0 Å². The largest absolute Gasteiger partial charge is 3.00 e. The summed E-state index contributed by atoms with van der Waals surface area (Å²) in [6.45, 7) is 29.9. The van der Waals surface area contributed by atoms with Gasteiger partial charge in [0.15, 0.2) is 0 Å². The molecule has 0 atom stereocenters. The van der Waals surface area contributed by atoms with E-state index in [1.807, 2.05) is 71.1 Å². The molecule has 0 heterocycles. The monoisotopic (exact) mass is 511 g/mol. The van der Waals surface area contributed by atoms with Crippen LogP contribution in [0.3, 0.4) is 0 Å². The van der Waals surface area contributed by atoms with Gasteiger partial charge in [-0.3, -0.25) is 6.08 Å². The third kappa shape index (κ3) is 10.8. The zero-order valence-corrected chi connectivity index (χ0v) is 26.5. The second kappa shape index (κ2) is 13.1. The van der Waals surface area contributed by atoms with E-state index in [0.29, 0.717) is 0 Å². The van der Waals surface area contributed by atoms with Gasteiger partial charge in [-0.1, -0.05) is 71.1 Å². The zero-order valence-electron chi connectivity index (χ0n) is 21.9. The first-order chi connectivity index (χ1) is 14.1. The van der Waals surface area contributed by atoms with Gasteiger partial charge >= 0.3 is 21.7 Å². The molecule has 4 heteroatoms. The Labute approximate surface area is 217 Å². The Hall–Kier alpha value is -0.975. The molecule has 1 aliphatic rings. The fourth-order valence-electron chi connectivity index (χ4n) is 3.57. The molecule has 0 saturated heterocycles. The van der Waals surface area contributed by atoms with E-state index in [4.69, 9.17) is 0 Å². The van der Waals surface area contributed by atoms with Crippen LogP contribution >= 0.6 is 0 Å². The van der Waals surface area contributed by atoms with Gasteiger partial charge in [0.1, 0.15) is 0 Å². The van der Waals surface area contributed by atoms with Crippen LogP contribution in [-0.4, -0.2) is 24.2 Å². The van der Waals surface area contributed by atoms with Crippen LogP contribution in [0.5, 0.6) is 0 Å². The van der Waals surface area contributed by atoms with Crippen molar-refractivity contribution in [1.82, 2.24) is 0 Å². The molecule has 0 aromatic heterocycles. The van der Waals surface area contributed by atoms with E-state index >= 15 is 0 Å². The molecule has 2 aromatic carbocycles. The van der Waals surface area contributed by atoms with Crippen molar-refractivity contribution in [3.63, 3.8) is 0 Å². The van der Waals surface area contributed by atoms with Gasteiger partial charge in [0.2, 0.25) is 0 Å². The number of rotatable bonds is 3. The Bertz CT molecular complexity index is 825. The van der Waals surface area contributed by atoms with Gasteiger partial charge < -0.3 is 0 Å². The Morgan fingerprint density at radius 1 is 0.594 bits per heavy atom. The molecule has 1 aliphatic carbocycles. The van der Waals surface area contributed by atoms with Crippen molar-refractivity contribution in [3.05, 3.63) is 107 Å². The first-order valence-electron chi connectivity index (χ1n) is 11.2. The SMILES string of the molecule is C[Si](C)(C)C1=[C-]CC([Si](C)(C)C)=C1[Si](C)(C)C.[CH2-]c1ccccc1.[CH2-]c1ccccc1.[Ti+3]. The summed E-state index contributed by atoms with van der Waals surface area (Å²) in [5.41, 5.74) is 2.14. The van der Waals surface area contributed by atoms with Gasteiger partial charge in [-0.2, -0.15) is 54.4 Å². The molecule has 171 valence electrons. The first kappa shape index (κ1) is 31.0. The normalized spacial score (nSPS) is 13.7. The quantitative estimate of drug-likeness (QED) is 0.285. The molecule has 2 aromatic rings. The van der Waals surface area contributed by atoms with Gasteiger partial charge in [0.25, 0.3) is 0 Å². The summed E-state index contributed by atoms with van der Waals surface area (Å²) in [6.07, 6.45) is 4.93. The van der Waals surface area contributed by atoms with Gasteiger partial charge in [-0.25, -0.2) is 10.4 Å². The molecule has 0 N–H and O–H groups in total. The Kier molecular flexibility index (Phi) is 12.7. The average Bonchev–Trinajstić information content (AvgIpc) is 3.11. The molecule has 0 bridgehead atoms. The van der Waals surface area contributed by atoms with Gasteiger partial charge in [0.05, 0.1) is 8.07 Å². The fourth-order valence-corrected chi connectivity index (χ4v) is 13.0. The summed E-state index contributed by atoms with van der Waals surface area (Å²) in [4.78, 5) is 0. The maximum Gasteiger partial charge on any atom is 3.00 e. The second-order valence-electron chi connectivity index (χ2n) is 11.3. The molecule has 0 fully saturated rings. The van der Waals surface area contributed by atoms with Crippen molar-refractivity contribution >= 4 is 24.2 Å². The molecule has 0 nitrogen and oxygen atoms in total. The minimum Gasteiger partial charge on any atom is -0.274 e. The smallest absolute Gasteiger partial charge is 0.274 e. The predicted molar refractivity (Wildman–Crippen MR) is 150 cm³/mol. The maximum absolute atomic E-state index is 3.78. The number of hydrogen-bond acceptors (Lipinski definition) is 0. The topological polar surface area (TPSA) is 0 Å². The van der Waals surface area contributed by atoms with Crippen molar-refractivity contribution in [1.29, 1.82) is 0 Å². The van der Waals surface area contributed by atoms with E-state index < -0.39 is 24.2 Å². The van der Waals surface area contributed by atoms with E-state index in [1.54, 1.807) is 5.20 Å². The number of hydrogen-bond donors (Lipinski definition) is 0. The van der Waals surface area contributed by atoms with Crippen LogP contribution < -0.4 is 0 Å². The summed E-state index contributed by atoms with van der Waals surface area (Å²) in [5.74, 6) is 0. The zero-order chi connectivity index (χ0) is 23.9. The molecule has 0 amide bonds. The van der Waals surface area contributed by atoms with Crippen molar-refractivity contribution < 1.29 is 21.7 Å². The Morgan fingerprint density at radius 3 is 1.19 bits per heavy atom. The van der Waals surface area contributed by atoms with E-state index in [1.165, 1.54) is 0 Å². The molecule has 3 rings (SSSR count). The Morgan fingerprint density at radius 2 is 0.969 bits per heavy atom. The summed E-state index contributed by atoms with van der Waals surface area (Å²) in [5, 5.41) is 5.30. The van der Waals surface area contributed by atoms with E-state index in [9.17, 15) is 0 Å². The van der Waals surface area contributed by atoms with Crippen LogP contribution in [0.2, 0.25) is 58.9 Å². The minimum atomic E-state index is -1.22. The van der Waals surface area contributed by atoms with Crippen LogP contribution in [0.4, 0.5) is 0 Å². The molecular weight excluding hydrogens is 468 g/mol. The molecule has 0 aliphatic heterocycles. The predicted octanol–water partition coefficient (Wildman–Crippen LogP) is 8.78. The standard InChI is InChI=1S/C14H29Si3.2C7H7.Ti/c1-15(2,3)12-10-11-13(16(4,5)6)14(12)17(7,8)9;2*1-7-5-3-2-4-6-7;/h10H2,1-9H3;2*2-6H,1H2;/q3*-1;+3. The van der Waals surface area contributed by atoms with Crippen molar-refractivity contribution in [2.45, 2.75) is 65.3 Å². The molecule has 0 spiro atoms. The summed E-state index contributed by atoms with van der Waals surface area (Å²) >= 11 is 0. The maximum atomic E-state index is 3.78. The van der Waals surface area contributed by atoms with Crippen LogP contribution in [0.1, 0.15) is 17.5 Å². The molecule has 1 radical (unpaired) electrons. The third-order valence-corrected chi connectivity index (χ3v) is 11.8. The average molecular weight is 512 g/mol. The first-order valence-corrected chi connectivity index (χ1v) is 21.7. The van der Waals surface area contributed by atoms with Gasteiger partial charge in [0, 0.05) is 8.07 Å². The Balaban J connectivity index is 0.000000525. The van der Waals surface area contributed by atoms with E-state index in [0.717, 1.165) is 17.5 Å². The van der Waals surface area contributed by atoms with Crippen molar-refractivity contribution in [2.24, 2.45) is 0 Å². The molecule has 0 unspecified atom stereocenters. The minimum absolute atomic E-state index is 0.